The van der Waals surface area contributed by atoms with Crippen LogP contribution in [0.2, 0.25) is 0 Å². The molecule has 0 atom stereocenters. The Bertz CT molecular complexity index is 421. The molecule has 1 aromatic carbocycles. The van der Waals surface area contributed by atoms with Crippen molar-refractivity contribution >= 4 is 21.8 Å². The highest BCUT2D eigenvalue weighted by Crippen LogP contribution is 2.26. The lowest BCUT2D eigenvalue weighted by Crippen LogP contribution is -2.40. The minimum absolute atomic E-state index is 0.238. The van der Waals surface area contributed by atoms with Gasteiger partial charge in [0.2, 0.25) is 5.91 Å². The number of hydrogen-bond donors (Lipinski definition) is 0. The number of rotatable bonds is 3. The van der Waals surface area contributed by atoms with Gasteiger partial charge in [0, 0.05) is 17.6 Å². The molecule has 0 unspecified atom stereocenters. The number of likely N-dealkylation sites (N-methyl/N-ethyl adjacent to an activating group) is 1. The number of hydrogen-bond acceptors (Lipinski definition) is 1. The average molecular weight is 324 g/mol. The summed E-state index contributed by atoms with van der Waals surface area (Å²) in [5.41, 5.74) is 1.09. The molecule has 0 saturated heterocycles. The SMILES string of the molecule is CC1CCC(N(C)C(=O)Cc2ccc(Br)cc2)CC1. The fourth-order valence-electron chi connectivity index (χ4n) is 2.73. The van der Waals surface area contributed by atoms with E-state index in [4.69, 9.17) is 0 Å². The predicted octanol–water partition coefficient (Wildman–Crippen LogP) is 4.03. The van der Waals surface area contributed by atoms with Crippen molar-refractivity contribution in [3.05, 3.63) is 34.3 Å². The van der Waals surface area contributed by atoms with E-state index in [2.05, 4.69) is 22.9 Å². The summed E-state index contributed by atoms with van der Waals surface area (Å²) in [5.74, 6) is 1.06. The van der Waals surface area contributed by atoms with Crippen LogP contribution in [-0.2, 0) is 11.2 Å². The number of carbonyl (C=O) groups is 1. The van der Waals surface area contributed by atoms with E-state index >= 15 is 0 Å². The summed E-state index contributed by atoms with van der Waals surface area (Å²) < 4.78 is 1.05. The first-order chi connectivity index (χ1) is 9.06. The normalized spacial score (nSPS) is 23.1. The smallest absolute Gasteiger partial charge is 0.226 e. The summed E-state index contributed by atoms with van der Waals surface area (Å²) in [4.78, 5) is 14.3. The van der Waals surface area contributed by atoms with Crippen LogP contribution in [0.15, 0.2) is 28.7 Å². The van der Waals surface area contributed by atoms with Crippen LogP contribution in [0, 0.1) is 5.92 Å². The van der Waals surface area contributed by atoms with Gasteiger partial charge in [0.15, 0.2) is 0 Å². The first kappa shape index (κ1) is 14.6. The van der Waals surface area contributed by atoms with Crippen LogP contribution in [-0.4, -0.2) is 23.9 Å². The maximum absolute atomic E-state index is 12.3. The van der Waals surface area contributed by atoms with Gasteiger partial charge < -0.3 is 4.90 Å². The number of nitrogens with zero attached hydrogens (tertiary/aromatic N) is 1. The zero-order chi connectivity index (χ0) is 13.8. The fraction of sp³-hybridized carbons (Fsp3) is 0.562. The monoisotopic (exact) mass is 323 g/mol. The Balaban J connectivity index is 1.90. The topological polar surface area (TPSA) is 20.3 Å². The molecule has 2 nitrogen and oxygen atoms in total. The zero-order valence-corrected chi connectivity index (χ0v) is 13.3. The van der Waals surface area contributed by atoms with Crippen molar-refractivity contribution in [1.82, 2.24) is 4.90 Å². The maximum atomic E-state index is 12.3. The van der Waals surface area contributed by atoms with Crippen molar-refractivity contribution in [2.24, 2.45) is 5.92 Å². The second-order valence-corrected chi connectivity index (χ2v) is 6.64. The number of halogens is 1. The lowest BCUT2D eigenvalue weighted by atomic mass is 9.86. The summed E-state index contributed by atoms with van der Waals surface area (Å²) in [6.07, 6.45) is 5.32. The molecule has 0 N–H and O–H groups in total. The largest absolute Gasteiger partial charge is 0.342 e. The van der Waals surface area contributed by atoms with Gasteiger partial charge in [0.1, 0.15) is 0 Å². The molecule has 0 bridgehead atoms. The van der Waals surface area contributed by atoms with Crippen LogP contribution < -0.4 is 0 Å². The minimum Gasteiger partial charge on any atom is -0.342 e. The Kier molecular flexibility index (Phi) is 5.03. The minimum atomic E-state index is 0.238. The number of carbonyl (C=O) groups excluding carboxylic acids is 1. The molecule has 1 aliphatic carbocycles. The Morgan fingerprint density at radius 1 is 1.21 bits per heavy atom. The molecule has 1 saturated carbocycles. The molecule has 104 valence electrons. The van der Waals surface area contributed by atoms with Gasteiger partial charge in [-0.25, -0.2) is 0 Å². The van der Waals surface area contributed by atoms with Gasteiger partial charge in [0.05, 0.1) is 6.42 Å². The van der Waals surface area contributed by atoms with Gasteiger partial charge in [-0.1, -0.05) is 35.0 Å². The van der Waals surface area contributed by atoms with Gasteiger partial charge in [0.25, 0.3) is 0 Å². The van der Waals surface area contributed by atoms with Crippen LogP contribution in [0.4, 0.5) is 0 Å². The first-order valence-electron chi connectivity index (χ1n) is 7.06. The molecular weight excluding hydrogens is 302 g/mol. The molecule has 1 aromatic rings. The van der Waals surface area contributed by atoms with Gasteiger partial charge in [-0.3, -0.25) is 4.79 Å². The Morgan fingerprint density at radius 2 is 1.79 bits per heavy atom. The van der Waals surface area contributed by atoms with Crippen molar-refractivity contribution < 1.29 is 4.79 Å². The number of amides is 1. The van der Waals surface area contributed by atoms with Crippen molar-refractivity contribution in [2.45, 2.75) is 45.1 Å². The van der Waals surface area contributed by atoms with Gasteiger partial charge >= 0.3 is 0 Å². The summed E-state index contributed by atoms with van der Waals surface area (Å²) in [5, 5.41) is 0. The highest BCUT2D eigenvalue weighted by Gasteiger charge is 2.24. The summed E-state index contributed by atoms with van der Waals surface area (Å²) in [6, 6.07) is 8.45. The lowest BCUT2D eigenvalue weighted by Gasteiger charge is -2.33. The Hall–Kier alpha value is -0.830. The van der Waals surface area contributed by atoms with E-state index in [1.165, 1.54) is 12.8 Å². The van der Waals surface area contributed by atoms with Crippen molar-refractivity contribution in [2.75, 3.05) is 7.05 Å². The van der Waals surface area contributed by atoms with Crippen LogP contribution in [0.1, 0.15) is 38.2 Å². The molecular formula is C16H22BrNO. The van der Waals surface area contributed by atoms with Gasteiger partial charge in [-0.2, -0.15) is 0 Å². The molecule has 1 amide bonds. The van der Waals surface area contributed by atoms with Crippen molar-refractivity contribution in [3.63, 3.8) is 0 Å². The average Bonchev–Trinajstić information content (AvgIpc) is 2.41. The molecule has 3 heteroatoms. The van der Waals surface area contributed by atoms with Crippen LogP contribution in [0.3, 0.4) is 0 Å². The molecule has 19 heavy (non-hydrogen) atoms. The molecule has 1 aliphatic rings. The quantitative estimate of drug-likeness (QED) is 0.822. The lowest BCUT2D eigenvalue weighted by molar-refractivity contribution is -0.132. The highest BCUT2D eigenvalue weighted by atomic mass is 79.9. The van der Waals surface area contributed by atoms with E-state index < -0.39 is 0 Å². The standard InChI is InChI=1S/C16H22BrNO/c1-12-3-9-15(10-4-12)18(2)16(19)11-13-5-7-14(17)8-6-13/h5-8,12,15H,3-4,9-11H2,1-2H3. The first-order valence-corrected chi connectivity index (χ1v) is 7.85. The van der Waals surface area contributed by atoms with Gasteiger partial charge in [-0.05, 0) is 49.3 Å². The van der Waals surface area contributed by atoms with E-state index in [1.807, 2.05) is 36.2 Å². The Morgan fingerprint density at radius 3 is 2.37 bits per heavy atom. The molecule has 1 fully saturated rings. The molecule has 0 heterocycles. The van der Waals surface area contributed by atoms with Crippen LogP contribution >= 0.6 is 15.9 Å². The summed E-state index contributed by atoms with van der Waals surface area (Å²) in [6.45, 7) is 2.31. The second kappa shape index (κ2) is 6.56. The fourth-order valence-corrected chi connectivity index (χ4v) is 3.00. The zero-order valence-electron chi connectivity index (χ0n) is 11.7. The third-order valence-corrected chi connectivity index (χ3v) is 4.72. The summed E-state index contributed by atoms with van der Waals surface area (Å²) in [7, 11) is 1.96. The van der Waals surface area contributed by atoms with E-state index in [0.29, 0.717) is 12.5 Å². The van der Waals surface area contributed by atoms with Gasteiger partial charge in [-0.15, -0.1) is 0 Å². The number of benzene rings is 1. The van der Waals surface area contributed by atoms with Crippen LogP contribution in [0.5, 0.6) is 0 Å². The third kappa shape index (κ3) is 4.07. The van der Waals surface area contributed by atoms with Crippen molar-refractivity contribution in [1.29, 1.82) is 0 Å². The van der Waals surface area contributed by atoms with Crippen molar-refractivity contribution in [3.8, 4) is 0 Å². The second-order valence-electron chi connectivity index (χ2n) is 5.72. The van der Waals surface area contributed by atoms with E-state index in [0.717, 1.165) is 28.8 Å². The van der Waals surface area contributed by atoms with E-state index in [1.54, 1.807) is 0 Å². The molecule has 0 spiro atoms. The predicted molar refractivity (Wildman–Crippen MR) is 82.0 cm³/mol. The van der Waals surface area contributed by atoms with E-state index in [9.17, 15) is 4.79 Å². The molecule has 0 radical (unpaired) electrons. The molecule has 0 aliphatic heterocycles. The molecule has 2 rings (SSSR count). The summed E-state index contributed by atoms with van der Waals surface area (Å²) >= 11 is 3.41. The van der Waals surface area contributed by atoms with Crippen LogP contribution in [0.25, 0.3) is 0 Å². The Labute approximate surface area is 124 Å². The molecule has 0 aromatic heterocycles. The highest BCUT2D eigenvalue weighted by molar-refractivity contribution is 9.10. The van der Waals surface area contributed by atoms with E-state index in [-0.39, 0.29) is 5.91 Å². The maximum Gasteiger partial charge on any atom is 0.226 e. The third-order valence-electron chi connectivity index (χ3n) is 4.20.